The molecule has 0 spiro atoms. The van der Waals surface area contributed by atoms with Gasteiger partial charge in [0.05, 0.1) is 12.3 Å². The molecule has 0 aliphatic heterocycles. The number of fused-ring (bicyclic) bond motifs is 1. The quantitative estimate of drug-likeness (QED) is 0.762. The second-order valence-electron chi connectivity index (χ2n) is 5.50. The van der Waals surface area contributed by atoms with E-state index in [1.54, 1.807) is 38.1 Å². The number of hydrogen-bond acceptors (Lipinski definition) is 6. The fraction of sp³-hybridized carbons (Fsp3) is 0.294. The normalized spacial score (nSPS) is 10.8. The van der Waals surface area contributed by atoms with Crippen LogP contribution in [0.4, 0.5) is 5.69 Å². The van der Waals surface area contributed by atoms with E-state index < -0.39 is 0 Å². The molecule has 25 heavy (non-hydrogen) atoms. The molecule has 0 saturated heterocycles. The summed E-state index contributed by atoms with van der Waals surface area (Å²) in [6.45, 7) is 5.63. The first-order valence-corrected chi connectivity index (χ1v) is 7.85. The Kier molecular flexibility index (Phi) is 4.51. The molecule has 0 aliphatic rings. The van der Waals surface area contributed by atoms with Crippen molar-refractivity contribution in [1.29, 1.82) is 0 Å². The van der Waals surface area contributed by atoms with Gasteiger partial charge in [0, 0.05) is 5.69 Å². The van der Waals surface area contributed by atoms with Crippen molar-refractivity contribution >= 4 is 22.7 Å². The lowest BCUT2D eigenvalue weighted by Gasteiger charge is -2.10. The molecule has 0 radical (unpaired) electrons. The number of nitrogens with zero attached hydrogens (tertiary/aromatic N) is 3. The summed E-state index contributed by atoms with van der Waals surface area (Å²) < 4.78 is 11.7. The van der Waals surface area contributed by atoms with Crippen molar-refractivity contribution in [2.75, 3.05) is 11.9 Å². The topological polar surface area (TPSA) is 99.2 Å². The van der Waals surface area contributed by atoms with Gasteiger partial charge in [-0.3, -0.25) is 14.2 Å². The Balaban J connectivity index is 1.80. The van der Waals surface area contributed by atoms with Crippen molar-refractivity contribution in [1.82, 2.24) is 14.7 Å². The maximum absolute atomic E-state index is 12.6. The van der Waals surface area contributed by atoms with Crippen molar-refractivity contribution in [2.24, 2.45) is 0 Å². The summed E-state index contributed by atoms with van der Waals surface area (Å²) in [6, 6.07) is 7.02. The fourth-order valence-corrected chi connectivity index (χ4v) is 2.50. The van der Waals surface area contributed by atoms with Crippen LogP contribution in [-0.2, 0) is 11.3 Å². The molecule has 3 rings (SSSR count). The smallest absolute Gasteiger partial charge is 0.267 e. The van der Waals surface area contributed by atoms with Crippen molar-refractivity contribution in [3.8, 4) is 5.75 Å². The van der Waals surface area contributed by atoms with Crippen LogP contribution in [0.5, 0.6) is 5.75 Å². The van der Waals surface area contributed by atoms with Gasteiger partial charge in [0.2, 0.25) is 5.91 Å². The van der Waals surface area contributed by atoms with E-state index in [1.807, 2.05) is 6.92 Å². The molecule has 1 amide bonds. The minimum absolute atomic E-state index is 0.147. The molecule has 2 aromatic heterocycles. The fourth-order valence-electron chi connectivity index (χ4n) is 2.50. The molecule has 0 bridgehead atoms. The Bertz CT molecular complexity index is 973. The molecular formula is C17H18N4O4. The number of carbonyl (C=O) groups is 1. The highest BCUT2D eigenvalue weighted by Crippen LogP contribution is 2.16. The number of benzene rings is 1. The van der Waals surface area contributed by atoms with E-state index in [2.05, 4.69) is 15.5 Å². The maximum Gasteiger partial charge on any atom is 0.267 e. The van der Waals surface area contributed by atoms with Crippen molar-refractivity contribution in [3.05, 3.63) is 46.1 Å². The molecule has 0 atom stereocenters. The number of ether oxygens (including phenoxy) is 1. The highest BCUT2D eigenvalue weighted by atomic mass is 16.5. The molecule has 0 aliphatic carbocycles. The van der Waals surface area contributed by atoms with Crippen molar-refractivity contribution < 1.29 is 14.1 Å². The van der Waals surface area contributed by atoms with Crippen molar-refractivity contribution in [2.45, 2.75) is 27.3 Å². The lowest BCUT2D eigenvalue weighted by Crippen LogP contribution is -2.30. The number of aryl methyl sites for hydroxylation is 2. The van der Waals surface area contributed by atoms with Gasteiger partial charge in [0.1, 0.15) is 23.5 Å². The second-order valence-corrected chi connectivity index (χ2v) is 5.50. The average Bonchev–Trinajstić information content (AvgIpc) is 2.94. The number of amides is 1. The summed E-state index contributed by atoms with van der Waals surface area (Å²) in [5.41, 5.74) is 0.911. The molecule has 2 heterocycles. The second kappa shape index (κ2) is 6.76. The van der Waals surface area contributed by atoms with Gasteiger partial charge >= 0.3 is 0 Å². The minimum Gasteiger partial charge on any atom is -0.494 e. The highest BCUT2D eigenvalue weighted by molar-refractivity contribution is 5.90. The Morgan fingerprint density at radius 1 is 1.28 bits per heavy atom. The number of aromatic nitrogens is 3. The number of nitrogens with one attached hydrogen (secondary N) is 1. The van der Waals surface area contributed by atoms with Crippen LogP contribution in [0.3, 0.4) is 0 Å². The first-order chi connectivity index (χ1) is 12.0. The van der Waals surface area contributed by atoms with Gasteiger partial charge in [-0.15, -0.1) is 0 Å². The largest absolute Gasteiger partial charge is 0.494 e. The van der Waals surface area contributed by atoms with Gasteiger partial charge in [0.25, 0.3) is 11.3 Å². The van der Waals surface area contributed by atoms with Gasteiger partial charge in [-0.05, 0) is 45.0 Å². The summed E-state index contributed by atoms with van der Waals surface area (Å²) in [4.78, 5) is 29.0. The Labute approximate surface area is 143 Å². The molecule has 8 nitrogen and oxygen atoms in total. The van der Waals surface area contributed by atoms with E-state index in [1.165, 1.54) is 4.57 Å². The molecule has 130 valence electrons. The van der Waals surface area contributed by atoms with E-state index in [0.717, 1.165) is 5.75 Å². The zero-order valence-corrected chi connectivity index (χ0v) is 14.2. The van der Waals surface area contributed by atoms with Crippen LogP contribution in [0.1, 0.15) is 18.4 Å². The van der Waals surface area contributed by atoms with Gasteiger partial charge in [-0.2, -0.15) is 4.98 Å². The van der Waals surface area contributed by atoms with Crippen molar-refractivity contribution in [3.63, 3.8) is 0 Å². The number of rotatable bonds is 5. The minimum atomic E-state index is -0.344. The molecule has 1 N–H and O–H groups in total. The van der Waals surface area contributed by atoms with Crippen LogP contribution >= 0.6 is 0 Å². The molecular weight excluding hydrogens is 324 g/mol. The number of hydrogen-bond donors (Lipinski definition) is 1. The van der Waals surface area contributed by atoms with Gasteiger partial charge < -0.3 is 14.6 Å². The van der Waals surface area contributed by atoms with Crippen LogP contribution < -0.4 is 15.6 Å². The summed E-state index contributed by atoms with van der Waals surface area (Å²) in [7, 11) is 0. The standard InChI is InChI=1S/C17H18N4O4/c1-4-24-13-7-5-12(6-8-13)19-14(22)9-21-11(3)18-16-15(17(21)23)10(2)20-25-16/h5-8H,4,9H2,1-3H3,(H,19,22). The van der Waals surface area contributed by atoms with Crippen LogP contribution in [0.2, 0.25) is 0 Å². The van der Waals surface area contributed by atoms with Crippen LogP contribution in [0.25, 0.3) is 11.1 Å². The Hall–Kier alpha value is -3.16. The van der Waals surface area contributed by atoms with Crippen LogP contribution in [0.15, 0.2) is 33.6 Å². The monoisotopic (exact) mass is 342 g/mol. The summed E-state index contributed by atoms with van der Waals surface area (Å²) in [5.74, 6) is 0.783. The zero-order chi connectivity index (χ0) is 18.0. The summed E-state index contributed by atoms with van der Waals surface area (Å²) >= 11 is 0. The third-order valence-electron chi connectivity index (χ3n) is 3.71. The molecule has 0 fully saturated rings. The molecule has 8 heteroatoms. The molecule has 1 aromatic carbocycles. The van der Waals surface area contributed by atoms with E-state index >= 15 is 0 Å². The number of anilines is 1. The van der Waals surface area contributed by atoms with Crippen LogP contribution in [0, 0.1) is 13.8 Å². The SMILES string of the molecule is CCOc1ccc(NC(=O)Cn2c(C)nc3onc(C)c3c2=O)cc1. The lowest BCUT2D eigenvalue weighted by atomic mass is 10.3. The average molecular weight is 342 g/mol. The summed E-state index contributed by atoms with van der Waals surface area (Å²) in [5, 5.41) is 6.79. The molecule has 3 aromatic rings. The molecule has 0 unspecified atom stereocenters. The third-order valence-corrected chi connectivity index (χ3v) is 3.71. The first kappa shape index (κ1) is 16.7. The van der Waals surface area contributed by atoms with Gasteiger partial charge in [-0.1, -0.05) is 5.16 Å². The predicted octanol–water partition coefficient (Wildman–Crippen LogP) is 2.04. The van der Waals surface area contributed by atoms with E-state index in [9.17, 15) is 9.59 Å². The van der Waals surface area contributed by atoms with E-state index in [-0.39, 0.29) is 23.7 Å². The van der Waals surface area contributed by atoms with Gasteiger partial charge in [-0.25, -0.2) is 0 Å². The predicted molar refractivity (Wildman–Crippen MR) is 91.8 cm³/mol. The maximum atomic E-state index is 12.6. The Morgan fingerprint density at radius 3 is 2.68 bits per heavy atom. The lowest BCUT2D eigenvalue weighted by molar-refractivity contribution is -0.116. The third kappa shape index (κ3) is 3.37. The van der Waals surface area contributed by atoms with E-state index in [4.69, 9.17) is 9.26 Å². The highest BCUT2D eigenvalue weighted by Gasteiger charge is 2.16. The first-order valence-electron chi connectivity index (χ1n) is 7.85. The zero-order valence-electron chi connectivity index (χ0n) is 14.2. The summed E-state index contributed by atoms with van der Waals surface area (Å²) in [6.07, 6.45) is 0. The molecule has 0 saturated carbocycles. The van der Waals surface area contributed by atoms with E-state index in [0.29, 0.717) is 29.2 Å². The van der Waals surface area contributed by atoms with Crippen LogP contribution in [-0.4, -0.2) is 27.2 Å². The van der Waals surface area contributed by atoms with Gasteiger partial charge in [0.15, 0.2) is 0 Å². The number of carbonyl (C=O) groups excluding carboxylic acids is 1. The Morgan fingerprint density at radius 2 is 2.00 bits per heavy atom.